The molecule has 0 aliphatic rings. The Bertz CT molecular complexity index is 4180. The second kappa shape index (κ2) is 37.0. The first kappa shape index (κ1) is 65.2. The van der Waals surface area contributed by atoms with E-state index in [1.807, 2.05) is 146 Å². The molecule has 4 aromatic heterocycles. The van der Waals surface area contributed by atoms with Gasteiger partial charge in [0.2, 0.25) is 0 Å². The van der Waals surface area contributed by atoms with Gasteiger partial charge in [0, 0.05) is 119 Å². The van der Waals surface area contributed by atoms with Gasteiger partial charge in [-0.3, -0.25) is 9.78 Å². The van der Waals surface area contributed by atoms with Crippen LogP contribution in [0.2, 0.25) is 0 Å². The number of nitrogens with zero attached hydrogens (tertiary/aromatic N) is 4. The van der Waals surface area contributed by atoms with Crippen molar-refractivity contribution in [2.75, 3.05) is 7.11 Å². The normalized spacial score (nSPS) is 10.7. The van der Waals surface area contributed by atoms with Crippen molar-refractivity contribution in [3.8, 4) is 84.2 Å². The molecule has 0 unspecified atom stereocenters. The topological polar surface area (TPSA) is 98.1 Å². The number of pyridine rings is 4. The van der Waals surface area contributed by atoms with Crippen LogP contribution in [0.15, 0.2) is 261 Å². The molecular weight excluding hydrogens is 1790 g/mol. The van der Waals surface area contributed by atoms with E-state index in [-0.39, 0.29) is 122 Å². The van der Waals surface area contributed by atoms with Gasteiger partial charge in [0.25, 0.3) is 0 Å². The molecule has 11 heteroatoms. The van der Waals surface area contributed by atoms with Crippen LogP contribution in [0, 0.1) is 52.0 Å². The van der Waals surface area contributed by atoms with Gasteiger partial charge >= 0.3 is 0 Å². The molecule has 4 radical (unpaired) electrons. The number of rotatable bonds is 9. The van der Waals surface area contributed by atoms with Crippen molar-refractivity contribution < 1.29 is 101 Å². The zero-order valence-corrected chi connectivity index (χ0v) is 58.4. The SMILES string of the molecule is CC(=O)C=C(C)O.COc1ccccc1-c1ccc(-c2[c-]cccc2)nc1.Cc1[c-]c(-c2ccc3ccccc3n2)cc(C)c1.[2H]c1[c-]c(-c2ccc(-c3c(C)cccc3C)cn2)c([2H])c([2H])c1[2H].[Ir].[Ir].[Ir].[Ir].[c-]1ccccc1-c1ccc(-c2ccccc2)cn1. The number of aliphatic hydroxyl groups is 1. The number of fused-ring (bicyclic) bond motifs is 1. The van der Waals surface area contributed by atoms with Gasteiger partial charge in [0.05, 0.1) is 18.4 Å². The molecule has 0 aliphatic heterocycles. The molecule has 4 heterocycles. The largest absolute Gasteiger partial charge is 0.512 e. The quantitative estimate of drug-likeness (QED) is 0.0873. The molecule has 12 rings (SSSR count). The maximum absolute atomic E-state index is 10.0. The van der Waals surface area contributed by atoms with Crippen LogP contribution in [0.4, 0.5) is 0 Å². The zero-order valence-electron chi connectivity index (χ0n) is 52.8. The molecule has 1 N–H and O–H groups in total. The maximum Gasteiger partial charge on any atom is 0.155 e. The average molecular weight is 1850 g/mol. The Labute approximate surface area is 572 Å². The number of carbonyl (C=O) groups is 1. The van der Waals surface area contributed by atoms with Gasteiger partial charge < -0.3 is 24.8 Å². The number of aryl methyl sites for hydroxylation is 4. The molecule has 0 saturated carbocycles. The first-order valence-corrected chi connectivity index (χ1v) is 26.9. The van der Waals surface area contributed by atoms with Gasteiger partial charge in [-0.2, -0.15) is 0 Å². The number of hydrogen-bond donors (Lipinski definition) is 1. The fourth-order valence-electron chi connectivity index (χ4n) is 8.94. The Hall–Kier alpha value is -7.77. The van der Waals surface area contributed by atoms with Crippen LogP contribution in [-0.4, -0.2) is 37.9 Å². The first-order valence-electron chi connectivity index (χ1n) is 28.9. The molecule has 0 aliphatic carbocycles. The number of allylic oxidation sites excluding steroid dienone is 2. The van der Waals surface area contributed by atoms with E-state index in [1.165, 1.54) is 36.4 Å². The zero-order chi connectivity index (χ0) is 61.8. The van der Waals surface area contributed by atoms with Crippen LogP contribution in [0.3, 0.4) is 0 Å². The van der Waals surface area contributed by atoms with Crippen molar-refractivity contribution in [3.05, 3.63) is 307 Å². The molecule has 0 fully saturated rings. The van der Waals surface area contributed by atoms with Gasteiger partial charge in [-0.05, 0) is 104 Å². The van der Waals surface area contributed by atoms with Crippen molar-refractivity contribution in [1.29, 1.82) is 0 Å². The van der Waals surface area contributed by atoms with Gasteiger partial charge in [0.15, 0.2) is 5.78 Å². The van der Waals surface area contributed by atoms with Crippen molar-refractivity contribution in [1.82, 2.24) is 19.9 Å². The summed E-state index contributed by atoms with van der Waals surface area (Å²) in [5.74, 6) is 0.792. The summed E-state index contributed by atoms with van der Waals surface area (Å²) in [6.45, 7) is 11.1. The van der Waals surface area contributed by atoms with E-state index in [2.05, 4.69) is 134 Å². The molecule has 8 aromatic carbocycles. The van der Waals surface area contributed by atoms with Crippen molar-refractivity contribution in [2.24, 2.45) is 0 Å². The van der Waals surface area contributed by atoms with Crippen LogP contribution in [0.25, 0.3) is 89.3 Å². The van der Waals surface area contributed by atoms with Crippen LogP contribution >= 0.6 is 0 Å². The summed E-state index contributed by atoms with van der Waals surface area (Å²) in [6, 6.07) is 80.1. The number of para-hydroxylation sites is 2. The Morgan fingerprint density at radius 1 is 0.517 bits per heavy atom. The van der Waals surface area contributed by atoms with Crippen molar-refractivity contribution >= 4 is 16.7 Å². The number of ether oxygens (including phenoxy) is 1. The van der Waals surface area contributed by atoms with Gasteiger partial charge in [-0.15, -0.1) is 142 Å². The number of benzene rings is 8. The molecule has 12 aromatic rings. The molecule has 87 heavy (non-hydrogen) atoms. The number of ketones is 1. The van der Waals surface area contributed by atoms with Gasteiger partial charge in [-0.1, -0.05) is 147 Å². The fourth-order valence-corrected chi connectivity index (χ4v) is 8.94. The molecule has 0 saturated heterocycles. The number of hydrogen-bond acceptors (Lipinski definition) is 7. The molecule has 7 nitrogen and oxygen atoms in total. The predicted octanol–water partition coefficient (Wildman–Crippen LogP) is 18.6. The summed E-state index contributed by atoms with van der Waals surface area (Å²) in [6.07, 6.45) is 6.68. The van der Waals surface area contributed by atoms with Crippen molar-refractivity contribution in [3.63, 3.8) is 0 Å². The van der Waals surface area contributed by atoms with Gasteiger partial charge in [0.1, 0.15) is 5.75 Å². The second-order valence-corrected chi connectivity index (χ2v) is 19.2. The van der Waals surface area contributed by atoms with E-state index in [1.54, 1.807) is 19.4 Å². The van der Waals surface area contributed by atoms with E-state index in [0.29, 0.717) is 5.69 Å². The average Bonchev–Trinajstić information content (AvgIpc) is 0.940. The summed E-state index contributed by atoms with van der Waals surface area (Å²) in [4.78, 5) is 28.1. The Morgan fingerprint density at radius 2 is 1.07 bits per heavy atom. The standard InChI is InChI=1S/C19H16N.C18H14NO.C17H14N.C17H12N.C5H8O2.4Ir/c1-14-7-6-8-15(2)19(14)17-11-12-18(20-13-17)16-9-4-3-5-10-16;1-20-18-10-6-5-9-16(18)15-11-12-17(19-13-15)14-7-3-2-4-8-14;1-12-9-13(2)11-15(10-12)17-8-7-14-5-3-4-6-16(14)18-17;1-3-7-14(8-4-1)16-11-12-17(18-13-16)15-9-5-2-6-10-15;1-4(6)3-5(2)7;;;;/h3-9,11-13H,1-2H3;2-7,9-13H,1H3;3-10H,1-2H3;1-9,11-13H;3,6H,1-2H3;;;;/q4*-1;;;;;/i3D,4D,5D,9D;;;;;;;;. The van der Waals surface area contributed by atoms with Crippen LogP contribution in [0.1, 0.15) is 41.6 Å². The fraction of sp³-hybridized carbons (Fsp3) is 0.0921. The monoisotopic (exact) mass is 1860 g/mol. The minimum Gasteiger partial charge on any atom is -0.512 e. The number of methoxy groups -OCH3 is 1. The van der Waals surface area contributed by atoms with Crippen LogP contribution in [0.5, 0.6) is 5.75 Å². The third-order valence-electron chi connectivity index (χ3n) is 12.7. The number of aliphatic hydroxyl groups excluding tert-OH is 1. The molecule has 0 atom stereocenters. The van der Waals surface area contributed by atoms with E-state index < -0.39 is 0 Å². The van der Waals surface area contributed by atoms with E-state index in [4.69, 9.17) is 20.3 Å². The predicted molar refractivity (Wildman–Crippen MR) is 340 cm³/mol. The molecule has 446 valence electrons. The smallest absolute Gasteiger partial charge is 0.155 e. The number of aromatic nitrogens is 4. The van der Waals surface area contributed by atoms with Crippen molar-refractivity contribution in [2.45, 2.75) is 41.5 Å². The first-order chi connectivity index (χ1) is 42.1. The van der Waals surface area contributed by atoms with Crippen LogP contribution < -0.4 is 4.74 Å². The number of carbonyl (C=O) groups excluding carboxylic acids is 1. The Morgan fingerprint density at radius 3 is 1.62 bits per heavy atom. The third kappa shape index (κ3) is 21.6. The van der Waals surface area contributed by atoms with E-state index in [9.17, 15) is 4.79 Å². The third-order valence-corrected chi connectivity index (χ3v) is 12.7. The Kier molecular flexibility index (Phi) is 27.8. The molecular formula is C76H64Ir4N4O3-4. The maximum atomic E-state index is 10.0. The second-order valence-electron chi connectivity index (χ2n) is 19.2. The summed E-state index contributed by atoms with van der Waals surface area (Å²) in [7, 11) is 1.68. The van der Waals surface area contributed by atoms with Gasteiger partial charge in [-0.25, -0.2) is 0 Å². The summed E-state index contributed by atoms with van der Waals surface area (Å²) >= 11 is 0. The molecule has 0 amide bonds. The Balaban J connectivity index is 0.000000248. The molecule has 0 spiro atoms. The van der Waals surface area contributed by atoms with E-state index >= 15 is 0 Å². The van der Waals surface area contributed by atoms with E-state index in [0.717, 1.165) is 89.5 Å². The molecule has 0 bridgehead atoms. The summed E-state index contributed by atoms with van der Waals surface area (Å²) < 4.78 is 36.4. The summed E-state index contributed by atoms with van der Waals surface area (Å²) in [5, 5.41) is 9.53. The minimum atomic E-state index is -0.282. The minimum absolute atomic E-state index is 0. The van der Waals surface area contributed by atoms with Crippen LogP contribution in [-0.2, 0) is 85.2 Å². The summed E-state index contributed by atoms with van der Waals surface area (Å²) in [5.41, 5.74) is 19.0.